The van der Waals surface area contributed by atoms with E-state index in [0.717, 1.165) is 12.1 Å². The molecule has 90 valence electrons. The van der Waals surface area contributed by atoms with Crippen molar-refractivity contribution in [2.45, 2.75) is 20.4 Å². The fourth-order valence-corrected chi connectivity index (χ4v) is 1.85. The number of rotatable bonds is 3. The molecule has 2 aromatic rings. The van der Waals surface area contributed by atoms with Gasteiger partial charge in [0.2, 0.25) is 0 Å². The van der Waals surface area contributed by atoms with Gasteiger partial charge in [-0.3, -0.25) is 0 Å². The number of nitrogens with zero attached hydrogens (tertiary/aromatic N) is 4. The molecule has 0 atom stereocenters. The summed E-state index contributed by atoms with van der Waals surface area (Å²) in [6, 6.07) is 5.32. The molecule has 6 heteroatoms. The SMILES string of the molecule is CC(C)Cn1nnnc1-c1ccc(N)cc1Cl. The number of nitrogen functional groups attached to an aromatic ring is 1. The van der Waals surface area contributed by atoms with Crippen LogP contribution in [0, 0.1) is 5.92 Å². The first-order valence-electron chi connectivity index (χ1n) is 5.39. The number of hydrogen-bond donors (Lipinski definition) is 1. The van der Waals surface area contributed by atoms with Crippen molar-refractivity contribution in [3.8, 4) is 11.4 Å². The van der Waals surface area contributed by atoms with Gasteiger partial charge in [-0.05, 0) is 34.5 Å². The van der Waals surface area contributed by atoms with Gasteiger partial charge in [0.1, 0.15) is 0 Å². The maximum absolute atomic E-state index is 6.14. The minimum atomic E-state index is 0.463. The van der Waals surface area contributed by atoms with E-state index < -0.39 is 0 Å². The standard InChI is InChI=1S/C11H14ClN5/c1-7(2)6-17-11(14-15-16-17)9-4-3-8(13)5-10(9)12/h3-5,7H,6,13H2,1-2H3. The number of tetrazole rings is 1. The van der Waals surface area contributed by atoms with Crippen LogP contribution in [0.25, 0.3) is 11.4 Å². The molecule has 0 radical (unpaired) electrons. The monoisotopic (exact) mass is 251 g/mol. The number of nitrogens with two attached hydrogens (primary N) is 1. The largest absolute Gasteiger partial charge is 0.399 e. The second-order valence-electron chi connectivity index (χ2n) is 4.32. The molecule has 1 heterocycles. The third-order valence-electron chi connectivity index (χ3n) is 2.30. The van der Waals surface area contributed by atoms with E-state index in [1.54, 1.807) is 16.8 Å². The molecule has 0 fully saturated rings. The quantitative estimate of drug-likeness (QED) is 0.850. The zero-order valence-corrected chi connectivity index (χ0v) is 10.5. The summed E-state index contributed by atoms with van der Waals surface area (Å²) in [5.74, 6) is 1.13. The van der Waals surface area contributed by atoms with Gasteiger partial charge in [0.05, 0.1) is 5.02 Å². The van der Waals surface area contributed by atoms with Crippen molar-refractivity contribution in [3.05, 3.63) is 23.2 Å². The van der Waals surface area contributed by atoms with Crippen molar-refractivity contribution < 1.29 is 0 Å². The van der Waals surface area contributed by atoms with Gasteiger partial charge in [-0.25, -0.2) is 4.68 Å². The van der Waals surface area contributed by atoms with Crippen LogP contribution < -0.4 is 5.73 Å². The number of aromatic nitrogens is 4. The summed E-state index contributed by atoms with van der Waals surface area (Å²) in [6.07, 6.45) is 0. The first-order valence-corrected chi connectivity index (χ1v) is 5.77. The molecular formula is C11H14ClN5. The lowest BCUT2D eigenvalue weighted by Crippen LogP contribution is -2.08. The Morgan fingerprint density at radius 1 is 1.41 bits per heavy atom. The molecule has 0 amide bonds. The molecule has 1 aromatic heterocycles. The summed E-state index contributed by atoms with van der Waals surface area (Å²) in [7, 11) is 0. The zero-order chi connectivity index (χ0) is 12.4. The summed E-state index contributed by atoms with van der Waals surface area (Å²) in [4.78, 5) is 0. The number of halogens is 1. The van der Waals surface area contributed by atoms with Crippen molar-refractivity contribution in [2.24, 2.45) is 5.92 Å². The first-order chi connectivity index (χ1) is 8.08. The van der Waals surface area contributed by atoms with Crippen molar-refractivity contribution in [2.75, 3.05) is 5.73 Å². The topological polar surface area (TPSA) is 69.6 Å². The summed E-state index contributed by atoms with van der Waals surface area (Å²) < 4.78 is 1.75. The molecule has 0 aliphatic carbocycles. The van der Waals surface area contributed by atoms with Crippen LogP contribution in [0.1, 0.15) is 13.8 Å². The summed E-state index contributed by atoms with van der Waals surface area (Å²) in [6.45, 7) is 4.97. The van der Waals surface area contributed by atoms with Gasteiger partial charge in [0.25, 0.3) is 0 Å². The van der Waals surface area contributed by atoms with Crippen molar-refractivity contribution in [3.63, 3.8) is 0 Å². The molecule has 0 bridgehead atoms. The Morgan fingerprint density at radius 3 is 2.82 bits per heavy atom. The van der Waals surface area contributed by atoms with E-state index >= 15 is 0 Å². The maximum atomic E-state index is 6.14. The maximum Gasteiger partial charge on any atom is 0.183 e. The number of hydrogen-bond acceptors (Lipinski definition) is 4. The van der Waals surface area contributed by atoms with Crippen molar-refractivity contribution in [1.29, 1.82) is 0 Å². The Hall–Kier alpha value is -1.62. The highest BCUT2D eigenvalue weighted by Crippen LogP contribution is 2.27. The molecule has 2 N–H and O–H groups in total. The molecule has 1 aromatic carbocycles. The van der Waals surface area contributed by atoms with Crippen LogP contribution in [0.4, 0.5) is 5.69 Å². The van der Waals surface area contributed by atoms with Gasteiger partial charge in [0, 0.05) is 17.8 Å². The third-order valence-corrected chi connectivity index (χ3v) is 2.62. The molecule has 0 saturated carbocycles. The Morgan fingerprint density at radius 2 is 2.18 bits per heavy atom. The fourth-order valence-electron chi connectivity index (χ4n) is 1.58. The normalized spacial score (nSPS) is 11.1. The van der Waals surface area contributed by atoms with Gasteiger partial charge < -0.3 is 5.73 Å². The predicted molar refractivity (Wildman–Crippen MR) is 67.5 cm³/mol. The van der Waals surface area contributed by atoms with Crippen LogP contribution in [-0.4, -0.2) is 20.2 Å². The van der Waals surface area contributed by atoms with Crippen molar-refractivity contribution in [1.82, 2.24) is 20.2 Å². The van der Waals surface area contributed by atoms with E-state index in [4.69, 9.17) is 17.3 Å². The van der Waals surface area contributed by atoms with E-state index in [1.807, 2.05) is 6.07 Å². The Balaban J connectivity index is 2.42. The van der Waals surface area contributed by atoms with Crippen LogP contribution in [-0.2, 0) is 6.54 Å². The first kappa shape index (κ1) is 11.9. The molecular weight excluding hydrogens is 238 g/mol. The second-order valence-corrected chi connectivity index (χ2v) is 4.72. The molecule has 2 rings (SSSR count). The van der Waals surface area contributed by atoms with E-state index in [2.05, 4.69) is 29.4 Å². The molecule has 0 unspecified atom stereocenters. The highest BCUT2D eigenvalue weighted by Gasteiger charge is 2.13. The summed E-state index contributed by atoms with van der Waals surface area (Å²) in [5, 5.41) is 12.2. The van der Waals surface area contributed by atoms with Crippen LogP contribution in [0.5, 0.6) is 0 Å². The lowest BCUT2D eigenvalue weighted by molar-refractivity contribution is 0.475. The third kappa shape index (κ3) is 2.55. The van der Waals surface area contributed by atoms with E-state index in [-0.39, 0.29) is 0 Å². The molecule has 0 aliphatic rings. The smallest absolute Gasteiger partial charge is 0.183 e. The Kier molecular flexibility index (Phi) is 3.28. The van der Waals surface area contributed by atoms with Gasteiger partial charge in [-0.1, -0.05) is 25.4 Å². The van der Waals surface area contributed by atoms with Crippen LogP contribution in [0.3, 0.4) is 0 Å². The average Bonchev–Trinajstić information content (AvgIpc) is 2.65. The molecule has 0 saturated heterocycles. The van der Waals surface area contributed by atoms with Gasteiger partial charge >= 0.3 is 0 Å². The minimum absolute atomic E-state index is 0.463. The second kappa shape index (κ2) is 4.71. The number of benzene rings is 1. The highest BCUT2D eigenvalue weighted by atomic mass is 35.5. The van der Waals surface area contributed by atoms with E-state index in [9.17, 15) is 0 Å². The predicted octanol–water partition coefficient (Wildman–Crippen LogP) is 2.23. The van der Waals surface area contributed by atoms with Crippen LogP contribution in [0.15, 0.2) is 18.2 Å². The molecule has 0 spiro atoms. The van der Waals surface area contributed by atoms with E-state index in [0.29, 0.717) is 22.5 Å². The van der Waals surface area contributed by atoms with Crippen LogP contribution in [0.2, 0.25) is 5.02 Å². The van der Waals surface area contributed by atoms with Crippen LogP contribution >= 0.6 is 11.6 Å². The highest BCUT2D eigenvalue weighted by molar-refractivity contribution is 6.33. The fraction of sp³-hybridized carbons (Fsp3) is 0.364. The lowest BCUT2D eigenvalue weighted by Gasteiger charge is -2.08. The van der Waals surface area contributed by atoms with Crippen molar-refractivity contribution >= 4 is 17.3 Å². The zero-order valence-electron chi connectivity index (χ0n) is 9.76. The Labute approximate surface area is 105 Å². The lowest BCUT2D eigenvalue weighted by atomic mass is 10.2. The summed E-state index contributed by atoms with van der Waals surface area (Å²) in [5.41, 5.74) is 7.08. The van der Waals surface area contributed by atoms with Gasteiger partial charge in [0.15, 0.2) is 5.82 Å². The van der Waals surface area contributed by atoms with Gasteiger partial charge in [-0.15, -0.1) is 5.10 Å². The van der Waals surface area contributed by atoms with Gasteiger partial charge in [-0.2, -0.15) is 0 Å². The molecule has 5 nitrogen and oxygen atoms in total. The number of anilines is 1. The average molecular weight is 252 g/mol. The minimum Gasteiger partial charge on any atom is -0.399 e. The summed E-state index contributed by atoms with van der Waals surface area (Å²) >= 11 is 6.14. The molecule has 17 heavy (non-hydrogen) atoms. The Bertz CT molecular complexity index is 520. The molecule has 0 aliphatic heterocycles. The van der Waals surface area contributed by atoms with E-state index in [1.165, 1.54) is 0 Å².